The third kappa shape index (κ3) is 12.0. The van der Waals surface area contributed by atoms with Crippen LogP contribution in [-0.4, -0.2) is 13.7 Å². The van der Waals surface area contributed by atoms with Crippen LogP contribution in [0.1, 0.15) is 85.9 Å². The summed E-state index contributed by atoms with van der Waals surface area (Å²) in [6, 6.07) is 0. The van der Waals surface area contributed by atoms with Crippen molar-refractivity contribution in [2.24, 2.45) is 11.8 Å². The highest BCUT2D eigenvalue weighted by Crippen LogP contribution is 2.32. The number of methoxy groups -OCH3 is 1. The van der Waals surface area contributed by atoms with Crippen molar-refractivity contribution in [2.75, 3.05) is 13.7 Å². The normalized spacial score (nSPS) is 25.0. The maximum absolute atomic E-state index is 4.54. The maximum atomic E-state index is 4.54. The van der Waals surface area contributed by atoms with Crippen LogP contribution in [0.3, 0.4) is 0 Å². The van der Waals surface area contributed by atoms with Gasteiger partial charge in [-0.3, -0.25) is 0 Å². The lowest BCUT2D eigenvalue weighted by Gasteiger charge is -2.26. The molecule has 0 aromatic heterocycles. The molecule has 0 unspecified atom stereocenters. The molecule has 3 rings (SSSR count). The molecule has 0 aliphatic heterocycles. The smallest absolute Gasteiger partial charge is 0.0433 e. The van der Waals surface area contributed by atoms with Gasteiger partial charge in [0.2, 0.25) is 0 Å². The second-order valence-electron chi connectivity index (χ2n) is 7.63. The molecule has 0 heterocycles. The standard InChI is InChI=1S/C15H20.C6H12.C3H8O.H2/c1-13-8-10-15(11-9-13)12-14-6-4-2-3-5-7-14;1-2-4-6-5-3-1;1-3-4-2;/h2-4,6-7,13,15H,8-12H2,1H3;1-6H2;3H2,1-2H3;1H. The molecule has 0 radical (unpaired) electrons. The summed E-state index contributed by atoms with van der Waals surface area (Å²) in [5.74, 6) is 1.87. The lowest BCUT2D eigenvalue weighted by atomic mass is 9.80. The topological polar surface area (TPSA) is 9.23 Å². The van der Waals surface area contributed by atoms with Gasteiger partial charge in [-0.2, -0.15) is 0 Å². The van der Waals surface area contributed by atoms with E-state index in [1.807, 2.05) is 19.1 Å². The fraction of sp³-hybridized carbons (Fsp3) is 0.708. The predicted octanol–water partition coefficient (Wildman–Crippen LogP) is 7.65. The highest BCUT2D eigenvalue weighted by atomic mass is 16.5. The van der Waals surface area contributed by atoms with Crippen LogP contribution >= 0.6 is 0 Å². The Bertz CT molecular complexity index is 418. The molecule has 0 aromatic carbocycles. The van der Waals surface area contributed by atoms with Gasteiger partial charge in [0.25, 0.3) is 0 Å². The molecule has 0 amide bonds. The van der Waals surface area contributed by atoms with E-state index in [4.69, 9.17) is 0 Å². The molecule has 0 saturated heterocycles. The van der Waals surface area contributed by atoms with Gasteiger partial charge in [-0.05, 0) is 55.7 Å². The third-order valence-corrected chi connectivity index (χ3v) is 5.33. The summed E-state index contributed by atoms with van der Waals surface area (Å²) >= 11 is 0. The molecule has 2 saturated carbocycles. The Balaban J connectivity index is 0.000000473. The first-order chi connectivity index (χ1) is 12.3. The van der Waals surface area contributed by atoms with E-state index in [0.29, 0.717) is 0 Å². The molecular weight excluding hydrogens is 304 g/mol. The number of allylic oxidation sites excluding steroid dienone is 5. The van der Waals surface area contributed by atoms with Gasteiger partial charge >= 0.3 is 0 Å². The van der Waals surface area contributed by atoms with Crippen molar-refractivity contribution >= 4 is 0 Å². The van der Waals surface area contributed by atoms with Crippen molar-refractivity contribution in [2.45, 2.75) is 84.5 Å². The minimum atomic E-state index is 0. The molecular formula is C24H42O. The Kier molecular flexibility index (Phi) is 13.4. The minimum absolute atomic E-state index is 0. The molecule has 0 N–H and O–H groups in total. The van der Waals surface area contributed by atoms with Gasteiger partial charge in [-0.15, -0.1) is 5.73 Å². The first-order valence-electron chi connectivity index (χ1n) is 10.5. The lowest BCUT2D eigenvalue weighted by molar-refractivity contribution is 0.215. The quantitative estimate of drug-likeness (QED) is 0.477. The molecule has 1 heteroatoms. The predicted molar refractivity (Wildman–Crippen MR) is 113 cm³/mol. The van der Waals surface area contributed by atoms with Crippen LogP contribution < -0.4 is 0 Å². The summed E-state index contributed by atoms with van der Waals surface area (Å²) in [7, 11) is 1.68. The maximum Gasteiger partial charge on any atom is 0.0433 e. The Hall–Kier alpha value is -1.04. The average Bonchev–Trinajstić information content (AvgIpc) is 2.94. The van der Waals surface area contributed by atoms with Crippen LogP contribution in [0.15, 0.2) is 41.7 Å². The molecule has 25 heavy (non-hydrogen) atoms. The van der Waals surface area contributed by atoms with Gasteiger partial charge in [-0.25, -0.2) is 0 Å². The summed E-state index contributed by atoms with van der Waals surface area (Å²) in [5, 5.41) is 0. The van der Waals surface area contributed by atoms with Crippen molar-refractivity contribution in [3.05, 3.63) is 41.7 Å². The van der Waals surface area contributed by atoms with Crippen molar-refractivity contribution in [1.82, 2.24) is 0 Å². The molecule has 0 aromatic rings. The van der Waals surface area contributed by atoms with E-state index in [9.17, 15) is 0 Å². The van der Waals surface area contributed by atoms with Crippen LogP contribution in [-0.2, 0) is 4.74 Å². The largest absolute Gasteiger partial charge is 0.385 e. The fourth-order valence-corrected chi connectivity index (χ4v) is 3.55. The molecule has 3 aliphatic rings. The zero-order valence-electron chi connectivity index (χ0n) is 16.9. The van der Waals surface area contributed by atoms with Crippen LogP contribution in [0.2, 0.25) is 0 Å². The molecule has 0 spiro atoms. The van der Waals surface area contributed by atoms with E-state index in [2.05, 4.69) is 35.6 Å². The van der Waals surface area contributed by atoms with E-state index in [1.54, 1.807) is 7.11 Å². The Morgan fingerprint density at radius 2 is 1.56 bits per heavy atom. The SMILES string of the molecule is C1CCCCC1.CC1CCC(CC2=CC=CC=C=C2)CC1.CCOC.[HH]. The van der Waals surface area contributed by atoms with Gasteiger partial charge in [0.05, 0.1) is 0 Å². The Morgan fingerprint density at radius 1 is 1.00 bits per heavy atom. The molecule has 144 valence electrons. The van der Waals surface area contributed by atoms with Gasteiger partial charge in [0.1, 0.15) is 0 Å². The third-order valence-electron chi connectivity index (χ3n) is 5.33. The zero-order chi connectivity index (χ0) is 18.2. The second-order valence-corrected chi connectivity index (χ2v) is 7.63. The summed E-state index contributed by atoms with van der Waals surface area (Å²) in [5.41, 5.74) is 4.63. The van der Waals surface area contributed by atoms with Crippen LogP contribution in [0.5, 0.6) is 0 Å². The number of hydrogen-bond acceptors (Lipinski definition) is 1. The number of hydrogen-bond donors (Lipinski definition) is 0. The monoisotopic (exact) mass is 346 g/mol. The number of ether oxygens (including phenoxy) is 1. The van der Waals surface area contributed by atoms with Crippen molar-refractivity contribution < 1.29 is 6.16 Å². The summed E-state index contributed by atoms with van der Waals surface area (Å²) in [4.78, 5) is 0. The molecule has 1 nitrogen and oxygen atoms in total. The molecule has 0 atom stereocenters. The summed E-state index contributed by atoms with van der Waals surface area (Å²) in [6.07, 6.45) is 26.4. The van der Waals surface area contributed by atoms with Crippen LogP contribution in [0, 0.1) is 11.8 Å². The molecule has 3 aliphatic carbocycles. The number of rotatable bonds is 3. The van der Waals surface area contributed by atoms with E-state index in [0.717, 1.165) is 18.4 Å². The van der Waals surface area contributed by atoms with Gasteiger partial charge < -0.3 is 4.74 Å². The Labute approximate surface area is 158 Å². The molecule has 0 bridgehead atoms. The van der Waals surface area contributed by atoms with E-state index in [-0.39, 0.29) is 1.43 Å². The highest BCUT2D eigenvalue weighted by Gasteiger charge is 2.18. The zero-order valence-corrected chi connectivity index (χ0v) is 16.9. The van der Waals surface area contributed by atoms with E-state index >= 15 is 0 Å². The van der Waals surface area contributed by atoms with Crippen molar-refractivity contribution in [3.8, 4) is 0 Å². The first kappa shape index (κ1) is 22.0. The van der Waals surface area contributed by atoms with E-state index < -0.39 is 0 Å². The van der Waals surface area contributed by atoms with Gasteiger partial charge in [-0.1, -0.05) is 76.5 Å². The highest BCUT2D eigenvalue weighted by molar-refractivity contribution is 5.29. The molecule has 2 fully saturated rings. The van der Waals surface area contributed by atoms with Crippen molar-refractivity contribution in [1.29, 1.82) is 0 Å². The van der Waals surface area contributed by atoms with Crippen LogP contribution in [0.25, 0.3) is 0 Å². The second kappa shape index (κ2) is 15.2. The van der Waals surface area contributed by atoms with Gasteiger partial charge in [0.15, 0.2) is 0 Å². The fourth-order valence-electron chi connectivity index (χ4n) is 3.55. The van der Waals surface area contributed by atoms with Crippen LogP contribution in [0.4, 0.5) is 0 Å². The summed E-state index contributed by atoms with van der Waals surface area (Å²) in [6.45, 7) is 5.16. The minimum Gasteiger partial charge on any atom is -0.385 e. The summed E-state index contributed by atoms with van der Waals surface area (Å²) < 4.78 is 4.54. The van der Waals surface area contributed by atoms with Crippen molar-refractivity contribution in [3.63, 3.8) is 0 Å². The van der Waals surface area contributed by atoms with E-state index in [1.165, 1.54) is 76.2 Å². The average molecular weight is 347 g/mol. The lowest BCUT2D eigenvalue weighted by Crippen LogP contribution is -2.12. The first-order valence-corrected chi connectivity index (χ1v) is 10.5. The Morgan fingerprint density at radius 3 is 2.08 bits per heavy atom. The van der Waals surface area contributed by atoms with Gasteiger partial charge in [0, 0.05) is 15.1 Å².